The minimum absolute atomic E-state index is 0.131. The van der Waals surface area contributed by atoms with Crippen LogP contribution in [0.3, 0.4) is 0 Å². The van der Waals surface area contributed by atoms with Gasteiger partial charge in [-0.25, -0.2) is 4.79 Å². The summed E-state index contributed by atoms with van der Waals surface area (Å²) in [5.74, 6) is 0. The van der Waals surface area contributed by atoms with Crippen LogP contribution in [0.2, 0.25) is 0 Å². The maximum atomic E-state index is 12.3. The zero-order chi connectivity index (χ0) is 11.5. The van der Waals surface area contributed by atoms with Crippen molar-refractivity contribution >= 4 is 6.03 Å². The summed E-state index contributed by atoms with van der Waals surface area (Å²) in [6.07, 6.45) is 0. The molecule has 0 aromatic heterocycles. The predicted octanol–water partition coefficient (Wildman–Crippen LogP) is 0.548. The number of carbonyl (C=O) groups is 1. The molecular weight excluding hydrogens is 208 g/mol. The van der Waals surface area contributed by atoms with Gasteiger partial charge in [-0.1, -0.05) is 0 Å². The summed E-state index contributed by atoms with van der Waals surface area (Å²) in [5, 5.41) is 0. The Morgan fingerprint density at radius 2 is 1.62 bits per heavy atom. The van der Waals surface area contributed by atoms with Gasteiger partial charge in [0.15, 0.2) is 0 Å². The molecule has 0 N–H and O–H groups in total. The van der Waals surface area contributed by atoms with E-state index in [2.05, 4.69) is 0 Å². The lowest BCUT2D eigenvalue weighted by Gasteiger charge is -2.42. The van der Waals surface area contributed by atoms with Crippen LogP contribution < -0.4 is 0 Å². The highest BCUT2D eigenvalue weighted by molar-refractivity contribution is 5.75. The van der Waals surface area contributed by atoms with Crippen LogP contribution in [-0.4, -0.2) is 67.4 Å². The minimum Gasteiger partial charge on any atom is -0.378 e. The van der Waals surface area contributed by atoms with Crippen LogP contribution in [0.25, 0.3) is 0 Å². The fourth-order valence-electron chi connectivity index (χ4n) is 2.30. The molecule has 0 radical (unpaired) electrons. The number of rotatable bonds is 0. The molecule has 0 saturated carbocycles. The van der Waals surface area contributed by atoms with Gasteiger partial charge in [0, 0.05) is 13.1 Å². The SMILES string of the molecule is CC1COCC(C)N1C(=O)N1CCOCC1. The Labute approximate surface area is 96.3 Å². The van der Waals surface area contributed by atoms with Crippen molar-refractivity contribution in [2.45, 2.75) is 25.9 Å². The lowest BCUT2D eigenvalue weighted by Crippen LogP contribution is -2.58. The van der Waals surface area contributed by atoms with Gasteiger partial charge in [0.2, 0.25) is 0 Å². The lowest BCUT2D eigenvalue weighted by atomic mass is 10.2. The van der Waals surface area contributed by atoms with E-state index in [1.807, 2.05) is 23.6 Å². The fraction of sp³-hybridized carbons (Fsp3) is 0.909. The van der Waals surface area contributed by atoms with E-state index in [9.17, 15) is 4.79 Å². The van der Waals surface area contributed by atoms with E-state index in [0.29, 0.717) is 39.5 Å². The average Bonchev–Trinajstić information content (AvgIpc) is 2.30. The number of urea groups is 1. The van der Waals surface area contributed by atoms with Crippen molar-refractivity contribution in [2.24, 2.45) is 0 Å². The summed E-state index contributed by atoms with van der Waals surface area (Å²) in [6, 6.07) is 0.463. The van der Waals surface area contributed by atoms with Gasteiger partial charge >= 0.3 is 6.03 Å². The van der Waals surface area contributed by atoms with E-state index in [0.717, 1.165) is 0 Å². The molecule has 2 atom stereocenters. The topological polar surface area (TPSA) is 42.0 Å². The largest absolute Gasteiger partial charge is 0.378 e. The molecule has 5 nitrogen and oxygen atoms in total. The highest BCUT2D eigenvalue weighted by atomic mass is 16.5. The third-order valence-electron chi connectivity index (χ3n) is 3.17. The lowest BCUT2D eigenvalue weighted by molar-refractivity contribution is -0.0301. The second kappa shape index (κ2) is 5.01. The van der Waals surface area contributed by atoms with E-state index < -0.39 is 0 Å². The van der Waals surface area contributed by atoms with Crippen molar-refractivity contribution in [2.75, 3.05) is 39.5 Å². The second-order valence-corrected chi connectivity index (χ2v) is 4.52. The normalized spacial score (nSPS) is 31.6. The summed E-state index contributed by atoms with van der Waals surface area (Å²) in [5.41, 5.74) is 0. The van der Waals surface area contributed by atoms with Gasteiger partial charge in [0.05, 0.1) is 38.5 Å². The number of morpholine rings is 2. The van der Waals surface area contributed by atoms with E-state index in [4.69, 9.17) is 9.47 Å². The number of carbonyl (C=O) groups excluding carboxylic acids is 1. The van der Waals surface area contributed by atoms with Crippen molar-refractivity contribution in [3.8, 4) is 0 Å². The molecule has 2 amide bonds. The number of ether oxygens (including phenoxy) is 2. The highest BCUT2D eigenvalue weighted by Crippen LogP contribution is 2.16. The Balaban J connectivity index is 2.00. The van der Waals surface area contributed by atoms with Crippen LogP contribution >= 0.6 is 0 Å². The smallest absolute Gasteiger partial charge is 0.320 e. The Morgan fingerprint density at radius 1 is 1.06 bits per heavy atom. The highest BCUT2D eigenvalue weighted by Gasteiger charge is 2.33. The molecule has 0 spiro atoms. The quantitative estimate of drug-likeness (QED) is 0.608. The number of hydrogen-bond donors (Lipinski definition) is 0. The third-order valence-corrected chi connectivity index (χ3v) is 3.17. The molecule has 2 aliphatic heterocycles. The third kappa shape index (κ3) is 2.30. The summed E-state index contributed by atoms with van der Waals surface area (Å²) in [6.45, 7) is 8.06. The maximum Gasteiger partial charge on any atom is 0.320 e. The first kappa shape index (κ1) is 11.7. The second-order valence-electron chi connectivity index (χ2n) is 4.52. The maximum absolute atomic E-state index is 12.3. The first-order valence-electron chi connectivity index (χ1n) is 5.93. The first-order valence-corrected chi connectivity index (χ1v) is 5.93. The molecular formula is C11H20N2O3. The Kier molecular flexibility index (Phi) is 3.66. The molecule has 0 aliphatic carbocycles. The van der Waals surface area contributed by atoms with Crippen molar-refractivity contribution < 1.29 is 14.3 Å². The van der Waals surface area contributed by atoms with E-state index in [-0.39, 0.29) is 18.1 Å². The number of amides is 2. The number of hydrogen-bond acceptors (Lipinski definition) is 3. The molecule has 0 aromatic carbocycles. The standard InChI is InChI=1S/C11H20N2O3/c1-9-7-16-8-10(2)13(9)11(14)12-3-5-15-6-4-12/h9-10H,3-8H2,1-2H3. The van der Waals surface area contributed by atoms with Gasteiger partial charge < -0.3 is 19.3 Å². The van der Waals surface area contributed by atoms with Gasteiger partial charge in [0.1, 0.15) is 0 Å². The molecule has 16 heavy (non-hydrogen) atoms. The molecule has 5 heteroatoms. The van der Waals surface area contributed by atoms with Crippen LogP contribution in [0.4, 0.5) is 4.79 Å². The molecule has 2 rings (SSSR count). The van der Waals surface area contributed by atoms with Gasteiger partial charge in [-0.15, -0.1) is 0 Å². The van der Waals surface area contributed by atoms with Crippen LogP contribution in [0.5, 0.6) is 0 Å². The van der Waals surface area contributed by atoms with E-state index in [1.54, 1.807) is 0 Å². The molecule has 2 saturated heterocycles. The molecule has 0 aromatic rings. The Bertz CT molecular complexity index is 244. The fourth-order valence-corrected chi connectivity index (χ4v) is 2.30. The Hall–Kier alpha value is -0.810. The van der Waals surface area contributed by atoms with E-state index >= 15 is 0 Å². The zero-order valence-electron chi connectivity index (χ0n) is 10.0. The predicted molar refractivity (Wildman–Crippen MR) is 59.4 cm³/mol. The first-order chi connectivity index (χ1) is 7.70. The van der Waals surface area contributed by atoms with Crippen molar-refractivity contribution in [1.82, 2.24) is 9.80 Å². The van der Waals surface area contributed by atoms with Crippen LogP contribution in [0.1, 0.15) is 13.8 Å². The summed E-state index contributed by atoms with van der Waals surface area (Å²) < 4.78 is 10.7. The molecule has 2 aliphatic rings. The van der Waals surface area contributed by atoms with Crippen LogP contribution in [0.15, 0.2) is 0 Å². The molecule has 92 valence electrons. The summed E-state index contributed by atoms with van der Waals surface area (Å²) in [7, 11) is 0. The monoisotopic (exact) mass is 228 g/mol. The van der Waals surface area contributed by atoms with Crippen LogP contribution in [-0.2, 0) is 9.47 Å². The van der Waals surface area contributed by atoms with Crippen molar-refractivity contribution in [1.29, 1.82) is 0 Å². The van der Waals surface area contributed by atoms with Crippen molar-refractivity contribution in [3.05, 3.63) is 0 Å². The minimum atomic E-state index is 0.131. The molecule has 2 unspecified atom stereocenters. The summed E-state index contributed by atoms with van der Waals surface area (Å²) >= 11 is 0. The average molecular weight is 228 g/mol. The molecule has 2 fully saturated rings. The van der Waals surface area contributed by atoms with Gasteiger partial charge in [-0.05, 0) is 13.8 Å². The van der Waals surface area contributed by atoms with Crippen molar-refractivity contribution in [3.63, 3.8) is 0 Å². The van der Waals surface area contributed by atoms with Crippen LogP contribution in [0, 0.1) is 0 Å². The molecule has 0 bridgehead atoms. The van der Waals surface area contributed by atoms with E-state index in [1.165, 1.54) is 0 Å². The summed E-state index contributed by atoms with van der Waals surface area (Å²) in [4.78, 5) is 16.1. The Morgan fingerprint density at radius 3 is 2.19 bits per heavy atom. The number of nitrogens with zero attached hydrogens (tertiary/aromatic N) is 2. The molecule has 2 heterocycles. The van der Waals surface area contributed by atoms with Gasteiger partial charge in [-0.2, -0.15) is 0 Å². The van der Waals surface area contributed by atoms with Gasteiger partial charge in [0.25, 0.3) is 0 Å². The van der Waals surface area contributed by atoms with Gasteiger partial charge in [-0.3, -0.25) is 0 Å². The zero-order valence-corrected chi connectivity index (χ0v) is 10.0.